The number of rotatable bonds is 4. The van der Waals surface area contributed by atoms with E-state index in [1.54, 1.807) is 6.20 Å². The van der Waals surface area contributed by atoms with E-state index in [2.05, 4.69) is 113 Å². The summed E-state index contributed by atoms with van der Waals surface area (Å²) in [7, 11) is 0. The van der Waals surface area contributed by atoms with Crippen molar-refractivity contribution >= 4 is 75.9 Å². The zero-order valence-corrected chi connectivity index (χ0v) is 26.4. The van der Waals surface area contributed by atoms with E-state index in [9.17, 15) is 0 Å². The van der Waals surface area contributed by atoms with Gasteiger partial charge in [0.2, 0.25) is 0 Å². The van der Waals surface area contributed by atoms with E-state index >= 15 is 0 Å². The Labute approximate surface area is 279 Å². The summed E-state index contributed by atoms with van der Waals surface area (Å²) in [4.78, 5) is 14.8. The Morgan fingerprint density at radius 1 is 0.583 bits per heavy atom. The second-order valence-corrected chi connectivity index (χ2v) is 13.2. The highest BCUT2D eigenvalue weighted by molar-refractivity contribution is 7.25. The molecule has 10 rings (SSSR count). The molecule has 6 aromatic carbocycles. The van der Waals surface area contributed by atoms with Gasteiger partial charge in [-0.2, -0.15) is 0 Å². The molecule has 5 nitrogen and oxygen atoms in total. The Bertz CT molecular complexity index is 2780. The van der Waals surface area contributed by atoms with Crippen molar-refractivity contribution in [3.63, 3.8) is 0 Å². The van der Waals surface area contributed by atoms with Gasteiger partial charge in [0.25, 0.3) is 0 Å². The van der Waals surface area contributed by atoms with Crippen molar-refractivity contribution < 1.29 is 4.42 Å². The van der Waals surface area contributed by atoms with Crippen LogP contribution in [0.2, 0.25) is 0 Å². The summed E-state index contributed by atoms with van der Waals surface area (Å²) in [5.74, 6) is 1.38. The summed E-state index contributed by atoms with van der Waals surface area (Å²) >= 11 is 1.83. The number of hydrogen-bond donors (Lipinski definition) is 1. The molecule has 4 heterocycles. The van der Waals surface area contributed by atoms with Gasteiger partial charge in [0, 0.05) is 48.3 Å². The largest absolute Gasteiger partial charge is 0.454 e. The van der Waals surface area contributed by atoms with Gasteiger partial charge in [-0.25, -0.2) is 9.98 Å². The number of furan rings is 1. The molecule has 1 N–H and O–H groups in total. The Morgan fingerprint density at radius 2 is 1.42 bits per heavy atom. The molecule has 3 aromatic heterocycles. The van der Waals surface area contributed by atoms with E-state index in [-0.39, 0.29) is 6.17 Å². The molecule has 0 radical (unpaired) electrons. The highest BCUT2D eigenvalue weighted by Gasteiger charge is 2.24. The second kappa shape index (κ2) is 10.7. The first kappa shape index (κ1) is 27.0. The molecule has 0 bridgehead atoms. The monoisotopic (exact) mass is 634 g/mol. The number of thiophene rings is 1. The van der Waals surface area contributed by atoms with Crippen molar-refractivity contribution in [2.24, 2.45) is 9.98 Å². The van der Waals surface area contributed by atoms with Gasteiger partial charge in [-0.05, 0) is 57.8 Å². The quantitative estimate of drug-likeness (QED) is 0.210. The SMILES string of the molecule is c1ccc(C2=NC(c3ccc4ccccc4c3)NC(c3cncc4oc5cc(-c6cccc7sc8ccccc8c67)ccc5c34)=N2)cc1. The Hall–Kier alpha value is -6.11. The van der Waals surface area contributed by atoms with Gasteiger partial charge in [0.15, 0.2) is 11.4 Å². The van der Waals surface area contributed by atoms with E-state index in [4.69, 9.17) is 14.4 Å². The summed E-state index contributed by atoms with van der Waals surface area (Å²) in [6, 6.07) is 46.7. The van der Waals surface area contributed by atoms with Gasteiger partial charge in [0.1, 0.15) is 17.6 Å². The normalized spacial score (nSPS) is 14.9. The number of pyridine rings is 1. The molecule has 226 valence electrons. The third-order valence-corrected chi connectivity index (χ3v) is 10.4. The number of benzene rings is 6. The van der Waals surface area contributed by atoms with Gasteiger partial charge in [0.05, 0.1) is 6.20 Å². The fourth-order valence-electron chi connectivity index (χ4n) is 6.94. The van der Waals surface area contributed by atoms with Crippen LogP contribution in [0.1, 0.15) is 22.9 Å². The van der Waals surface area contributed by atoms with Crippen LogP contribution < -0.4 is 5.32 Å². The summed E-state index contributed by atoms with van der Waals surface area (Å²) in [6.07, 6.45) is 3.33. The van der Waals surface area contributed by atoms with Crippen LogP contribution in [0.15, 0.2) is 160 Å². The third-order valence-electron chi connectivity index (χ3n) is 9.21. The van der Waals surface area contributed by atoms with Gasteiger partial charge < -0.3 is 9.73 Å². The van der Waals surface area contributed by atoms with Crippen LogP contribution in [0.4, 0.5) is 0 Å². The Morgan fingerprint density at radius 3 is 2.35 bits per heavy atom. The average molecular weight is 635 g/mol. The number of aliphatic imine (C=N–C) groups is 2. The van der Waals surface area contributed by atoms with Crippen molar-refractivity contribution in [1.29, 1.82) is 0 Å². The lowest BCUT2D eigenvalue weighted by Gasteiger charge is -2.24. The van der Waals surface area contributed by atoms with E-state index in [1.807, 2.05) is 47.9 Å². The van der Waals surface area contributed by atoms with Gasteiger partial charge in [-0.15, -0.1) is 11.3 Å². The molecule has 9 aromatic rings. The smallest absolute Gasteiger partial charge is 0.159 e. The predicted octanol–water partition coefficient (Wildman–Crippen LogP) is 10.7. The minimum atomic E-state index is -0.335. The van der Waals surface area contributed by atoms with Gasteiger partial charge in [-0.1, -0.05) is 103 Å². The lowest BCUT2D eigenvalue weighted by Crippen LogP contribution is -2.33. The van der Waals surface area contributed by atoms with Crippen molar-refractivity contribution in [3.05, 3.63) is 163 Å². The minimum Gasteiger partial charge on any atom is -0.454 e. The maximum absolute atomic E-state index is 6.53. The van der Waals surface area contributed by atoms with E-state index in [0.29, 0.717) is 11.7 Å². The maximum atomic E-state index is 6.53. The van der Waals surface area contributed by atoms with Crippen LogP contribution in [-0.2, 0) is 0 Å². The van der Waals surface area contributed by atoms with Crippen LogP contribution in [0, 0.1) is 0 Å². The number of aromatic nitrogens is 1. The number of fused-ring (bicyclic) bond motifs is 7. The molecule has 0 aliphatic carbocycles. The van der Waals surface area contributed by atoms with Gasteiger partial charge in [-0.3, -0.25) is 4.98 Å². The third kappa shape index (κ3) is 4.34. The average Bonchev–Trinajstić information content (AvgIpc) is 3.73. The molecule has 6 heteroatoms. The Balaban J connectivity index is 1.12. The maximum Gasteiger partial charge on any atom is 0.159 e. The standard InChI is InChI=1S/C42H26N4OS/c1-2-10-26(11-3-1)40-44-41(29-18-17-25-9-4-5-12-27(25)21-29)46-42(45-40)33-23-43-24-35-38(33)31-20-19-28(22-34(31)47-35)30-14-8-16-37-39(30)32-13-6-7-15-36(32)48-37/h1-24,41H,(H,44,45,46). The molecule has 0 spiro atoms. The summed E-state index contributed by atoms with van der Waals surface area (Å²) < 4.78 is 9.10. The van der Waals surface area contributed by atoms with E-state index in [0.717, 1.165) is 44.2 Å². The number of nitrogens with zero attached hydrogens (tertiary/aromatic N) is 3. The fraction of sp³-hybridized carbons (Fsp3) is 0.0238. The molecule has 0 fully saturated rings. The van der Waals surface area contributed by atoms with E-state index < -0.39 is 0 Å². The first-order valence-corrected chi connectivity index (χ1v) is 16.8. The number of amidine groups is 2. The van der Waals surface area contributed by atoms with Crippen molar-refractivity contribution in [1.82, 2.24) is 10.3 Å². The molecule has 48 heavy (non-hydrogen) atoms. The molecular formula is C42H26N4OS. The lowest BCUT2D eigenvalue weighted by molar-refractivity contribution is 0.666. The van der Waals surface area contributed by atoms with Crippen molar-refractivity contribution in [2.45, 2.75) is 6.17 Å². The lowest BCUT2D eigenvalue weighted by atomic mass is 9.98. The number of nitrogens with one attached hydrogen (secondary N) is 1. The van der Waals surface area contributed by atoms with E-state index in [1.165, 1.54) is 36.5 Å². The van der Waals surface area contributed by atoms with Crippen LogP contribution in [0.3, 0.4) is 0 Å². The molecule has 1 unspecified atom stereocenters. The Kier molecular flexibility index (Phi) is 6.04. The highest BCUT2D eigenvalue weighted by atomic mass is 32.1. The van der Waals surface area contributed by atoms with Gasteiger partial charge >= 0.3 is 0 Å². The highest BCUT2D eigenvalue weighted by Crippen LogP contribution is 2.41. The molecule has 0 amide bonds. The second-order valence-electron chi connectivity index (χ2n) is 12.1. The molecule has 1 aliphatic heterocycles. The van der Waals surface area contributed by atoms with Crippen LogP contribution in [0.5, 0.6) is 0 Å². The minimum absolute atomic E-state index is 0.335. The summed E-state index contributed by atoms with van der Waals surface area (Å²) in [5.41, 5.74) is 6.74. The zero-order chi connectivity index (χ0) is 31.6. The van der Waals surface area contributed by atoms with Crippen LogP contribution in [-0.4, -0.2) is 16.7 Å². The zero-order valence-electron chi connectivity index (χ0n) is 25.6. The number of hydrogen-bond acceptors (Lipinski definition) is 6. The summed E-state index contributed by atoms with van der Waals surface area (Å²) in [6.45, 7) is 0. The predicted molar refractivity (Wildman–Crippen MR) is 199 cm³/mol. The fourth-order valence-corrected chi connectivity index (χ4v) is 8.07. The molecule has 0 saturated carbocycles. The van der Waals surface area contributed by atoms with Crippen molar-refractivity contribution in [2.75, 3.05) is 0 Å². The van der Waals surface area contributed by atoms with Crippen molar-refractivity contribution in [3.8, 4) is 11.1 Å². The topological polar surface area (TPSA) is 62.8 Å². The first-order valence-electron chi connectivity index (χ1n) is 16.0. The first-order chi connectivity index (χ1) is 23.8. The van der Waals surface area contributed by atoms with Crippen LogP contribution in [0.25, 0.3) is 64.0 Å². The molecule has 1 aliphatic rings. The molecule has 1 atom stereocenters. The summed E-state index contributed by atoms with van der Waals surface area (Å²) in [5, 5.41) is 10.6. The van der Waals surface area contributed by atoms with Crippen LogP contribution >= 0.6 is 11.3 Å². The molecule has 0 saturated heterocycles. The molecular weight excluding hydrogens is 609 g/mol.